The maximum absolute atomic E-state index is 13.3. The number of carbonyl (C=O) groups excluding carboxylic acids is 2. The standard InChI is InChI=1S/C24H30N2O2/c1-23(2,3)20(22(28)26-13-18-19(14-26)24(18,4)5)25-21(27)17-12-8-10-15-9-6-7-11-16(15)17/h6-12,18-20H,13-14H2,1-5H3,(H,25,27)/t18-,19+,20-/m1/s1. The van der Waals surface area contributed by atoms with Crippen LogP contribution in [0.5, 0.6) is 0 Å². The minimum absolute atomic E-state index is 0.0455. The molecule has 28 heavy (non-hydrogen) atoms. The third-order valence-corrected chi connectivity index (χ3v) is 6.86. The summed E-state index contributed by atoms with van der Waals surface area (Å²) in [5.41, 5.74) is 0.616. The molecule has 0 unspecified atom stereocenters. The van der Waals surface area contributed by atoms with Crippen molar-refractivity contribution in [1.82, 2.24) is 10.2 Å². The fourth-order valence-corrected chi connectivity index (χ4v) is 4.78. The molecule has 1 aliphatic carbocycles. The number of amides is 2. The van der Waals surface area contributed by atoms with E-state index in [-0.39, 0.29) is 17.2 Å². The SMILES string of the molecule is CC(C)(C)[C@H](NC(=O)c1cccc2ccccc12)C(=O)N1C[C@@H]2[C@H](C1)C2(C)C. The summed E-state index contributed by atoms with van der Waals surface area (Å²) in [5, 5.41) is 5.00. The normalized spacial score (nSPS) is 24.0. The Kier molecular flexibility index (Phi) is 4.29. The lowest BCUT2D eigenvalue weighted by molar-refractivity contribution is -0.135. The Balaban J connectivity index is 1.56. The molecule has 1 saturated carbocycles. The highest BCUT2D eigenvalue weighted by atomic mass is 16.2. The van der Waals surface area contributed by atoms with Crippen molar-refractivity contribution in [1.29, 1.82) is 0 Å². The second kappa shape index (κ2) is 6.33. The van der Waals surface area contributed by atoms with Gasteiger partial charge in [-0.2, -0.15) is 0 Å². The molecule has 1 heterocycles. The molecule has 1 saturated heterocycles. The van der Waals surface area contributed by atoms with Crippen molar-refractivity contribution in [3.63, 3.8) is 0 Å². The highest BCUT2D eigenvalue weighted by Crippen LogP contribution is 2.62. The van der Waals surface area contributed by atoms with Crippen molar-refractivity contribution < 1.29 is 9.59 Å². The molecule has 1 aliphatic heterocycles. The fraction of sp³-hybridized carbons (Fsp3) is 0.500. The zero-order valence-electron chi connectivity index (χ0n) is 17.5. The van der Waals surface area contributed by atoms with E-state index < -0.39 is 6.04 Å². The second-order valence-electron chi connectivity index (χ2n) is 10.1. The third-order valence-electron chi connectivity index (χ3n) is 6.86. The monoisotopic (exact) mass is 378 g/mol. The van der Waals surface area contributed by atoms with Gasteiger partial charge >= 0.3 is 0 Å². The van der Waals surface area contributed by atoms with Gasteiger partial charge in [0.2, 0.25) is 5.91 Å². The molecule has 0 radical (unpaired) electrons. The molecular weight excluding hydrogens is 348 g/mol. The predicted molar refractivity (Wildman–Crippen MR) is 112 cm³/mol. The number of rotatable bonds is 3. The summed E-state index contributed by atoms with van der Waals surface area (Å²) in [6.07, 6.45) is 0. The smallest absolute Gasteiger partial charge is 0.252 e. The summed E-state index contributed by atoms with van der Waals surface area (Å²) < 4.78 is 0. The highest BCUT2D eigenvalue weighted by Gasteiger charge is 2.63. The van der Waals surface area contributed by atoms with E-state index in [9.17, 15) is 9.59 Å². The average Bonchev–Trinajstić information content (AvgIpc) is 3.00. The van der Waals surface area contributed by atoms with Gasteiger partial charge in [-0.3, -0.25) is 9.59 Å². The van der Waals surface area contributed by atoms with Crippen LogP contribution in [-0.4, -0.2) is 35.8 Å². The quantitative estimate of drug-likeness (QED) is 0.874. The van der Waals surface area contributed by atoms with Crippen LogP contribution in [0.25, 0.3) is 10.8 Å². The number of fused-ring (bicyclic) bond motifs is 2. The molecule has 0 aromatic heterocycles. The Morgan fingerprint density at radius 3 is 2.29 bits per heavy atom. The number of nitrogens with one attached hydrogen (secondary N) is 1. The molecule has 4 rings (SSSR count). The molecule has 0 bridgehead atoms. The first kappa shape index (κ1) is 19.0. The lowest BCUT2D eigenvalue weighted by atomic mass is 9.85. The molecule has 2 amide bonds. The van der Waals surface area contributed by atoms with Crippen molar-refractivity contribution in [2.24, 2.45) is 22.7 Å². The van der Waals surface area contributed by atoms with Gasteiger partial charge < -0.3 is 10.2 Å². The highest BCUT2D eigenvalue weighted by molar-refractivity contribution is 6.08. The molecule has 2 aromatic rings. The Hall–Kier alpha value is -2.36. The van der Waals surface area contributed by atoms with Crippen LogP contribution in [0.3, 0.4) is 0 Å². The predicted octanol–water partition coefficient (Wildman–Crippen LogP) is 4.10. The molecule has 2 aromatic carbocycles. The van der Waals surface area contributed by atoms with Gasteiger partial charge in [0, 0.05) is 18.7 Å². The fourth-order valence-electron chi connectivity index (χ4n) is 4.78. The molecule has 2 fully saturated rings. The molecule has 1 N–H and O–H groups in total. The summed E-state index contributed by atoms with van der Waals surface area (Å²) in [6.45, 7) is 12.2. The van der Waals surface area contributed by atoms with Crippen molar-refractivity contribution in [2.45, 2.75) is 40.7 Å². The van der Waals surface area contributed by atoms with Gasteiger partial charge in [-0.15, -0.1) is 0 Å². The molecule has 4 heteroatoms. The van der Waals surface area contributed by atoms with Crippen LogP contribution in [0.15, 0.2) is 42.5 Å². The van der Waals surface area contributed by atoms with Gasteiger partial charge in [0.05, 0.1) is 0 Å². The number of nitrogens with zero attached hydrogens (tertiary/aromatic N) is 1. The summed E-state index contributed by atoms with van der Waals surface area (Å²) in [6, 6.07) is 13.0. The van der Waals surface area contributed by atoms with E-state index in [1.54, 1.807) is 0 Å². The first-order valence-corrected chi connectivity index (χ1v) is 10.2. The number of hydrogen-bond donors (Lipinski definition) is 1. The molecule has 0 spiro atoms. The zero-order chi connectivity index (χ0) is 20.3. The summed E-state index contributed by atoms with van der Waals surface area (Å²) in [7, 11) is 0. The molecule has 2 aliphatic rings. The Morgan fingerprint density at radius 1 is 1.04 bits per heavy atom. The van der Waals surface area contributed by atoms with Crippen LogP contribution in [0.1, 0.15) is 45.0 Å². The Bertz CT molecular complexity index is 922. The van der Waals surface area contributed by atoms with Crippen LogP contribution in [0.4, 0.5) is 0 Å². The lowest BCUT2D eigenvalue weighted by Crippen LogP contribution is -2.55. The van der Waals surface area contributed by atoms with Gasteiger partial charge in [-0.1, -0.05) is 71.0 Å². The van der Waals surface area contributed by atoms with E-state index in [2.05, 4.69) is 19.2 Å². The second-order valence-corrected chi connectivity index (χ2v) is 10.1. The van der Waals surface area contributed by atoms with E-state index in [4.69, 9.17) is 0 Å². The van der Waals surface area contributed by atoms with Gasteiger partial charge in [0.25, 0.3) is 5.91 Å². The topological polar surface area (TPSA) is 49.4 Å². The van der Waals surface area contributed by atoms with Gasteiger partial charge in [-0.25, -0.2) is 0 Å². The van der Waals surface area contributed by atoms with Gasteiger partial charge in [-0.05, 0) is 39.5 Å². The summed E-state index contributed by atoms with van der Waals surface area (Å²) in [4.78, 5) is 28.4. The molecule has 4 nitrogen and oxygen atoms in total. The average molecular weight is 379 g/mol. The maximum atomic E-state index is 13.3. The zero-order valence-corrected chi connectivity index (χ0v) is 17.5. The van der Waals surface area contributed by atoms with Gasteiger partial charge in [0.15, 0.2) is 0 Å². The number of piperidine rings is 1. The van der Waals surface area contributed by atoms with Crippen molar-refractivity contribution in [2.75, 3.05) is 13.1 Å². The van der Waals surface area contributed by atoms with Crippen molar-refractivity contribution >= 4 is 22.6 Å². The number of hydrogen-bond acceptors (Lipinski definition) is 2. The minimum atomic E-state index is -0.542. The Labute approximate surface area is 167 Å². The molecule has 148 valence electrons. The molecule has 3 atom stereocenters. The van der Waals surface area contributed by atoms with E-state index in [1.165, 1.54) is 0 Å². The van der Waals surface area contributed by atoms with Crippen LogP contribution in [-0.2, 0) is 4.79 Å². The van der Waals surface area contributed by atoms with E-state index in [0.29, 0.717) is 22.8 Å². The van der Waals surface area contributed by atoms with Crippen LogP contribution in [0, 0.1) is 22.7 Å². The van der Waals surface area contributed by atoms with Crippen molar-refractivity contribution in [3.05, 3.63) is 48.0 Å². The van der Waals surface area contributed by atoms with Gasteiger partial charge in [0.1, 0.15) is 6.04 Å². The maximum Gasteiger partial charge on any atom is 0.252 e. The van der Waals surface area contributed by atoms with E-state index >= 15 is 0 Å². The Morgan fingerprint density at radius 2 is 1.64 bits per heavy atom. The van der Waals surface area contributed by atoms with E-state index in [0.717, 1.165) is 23.9 Å². The van der Waals surface area contributed by atoms with E-state index in [1.807, 2.05) is 68.1 Å². The third kappa shape index (κ3) is 3.09. The first-order valence-electron chi connectivity index (χ1n) is 10.2. The number of carbonyl (C=O) groups is 2. The van der Waals surface area contributed by atoms with Crippen molar-refractivity contribution in [3.8, 4) is 0 Å². The largest absolute Gasteiger partial charge is 0.340 e. The van der Waals surface area contributed by atoms with Crippen LogP contribution in [0.2, 0.25) is 0 Å². The number of benzene rings is 2. The lowest BCUT2D eigenvalue weighted by Gasteiger charge is -2.34. The first-order chi connectivity index (χ1) is 13.1. The minimum Gasteiger partial charge on any atom is -0.340 e. The summed E-state index contributed by atoms with van der Waals surface area (Å²) >= 11 is 0. The van der Waals surface area contributed by atoms with Crippen LogP contribution >= 0.6 is 0 Å². The van der Waals surface area contributed by atoms with Crippen LogP contribution < -0.4 is 5.32 Å². The molecular formula is C24H30N2O2. The number of likely N-dealkylation sites (tertiary alicyclic amines) is 1. The summed E-state index contributed by atoms with van der Waals surface area (Å²) in [5.74, 6) is 1.07.